The lowest BCUT2D eigenvalue weighted by Gasteiger charge is -2.31. The summed E-state index contributed by atoms with van der Waals surface area (Å²) in [6, 6.07) is 2.05. The fourth-order valence-corrected chi connectivity index (χ4v) is 2.63. The minimum absolute atomic E-state index is 0.0345. The monoisotopic (exact) mass is 265 g/mol. The van der Waals surface area contributed by atoms with Gasteiger partial charge in [-0.2, -0.15) is 5.10 Å². The number of aromatic nitrogens is 2. The van der Waals surface area contributed by atoms with Crippen LogP contribution in [0, 0.1) is 5.92 Å². The second kappa shape index (κ2) is 6.70. The number of hydrogen-bond donors (Lipinski definition) is 0. The fourth-order valence-electron chi connectivity index (χ4n) is 2.63. The molecule has 0 saturated carbocycles. The molecule has 19 heavy (non-hydrogen) atoms. The Balaban J connectivity index is 1.81. The van der Waals surface area contributed by atoms with Gasteiger partial charge in [-0.3, -0.25) is 9.48 Å². The first-order valence-corrected chi connectivity index (χ1v) is 7.06. The molecule has 0 bridgehead atoms. The topological polar surface area (TPSA) is 47.4 Å². The first-order valence-electron chi connectivity index (χ1n) is 7.06. The minimum Gasteiger partial charge on any atom is -0.466 e. The van der Waals surface area contributed by atoms with E-state index in [0.29, 0.717) is 6.61 Å². The van der Waals surface area contributed by atoms with E-state index in [2.05, 4.69) is 10.00 Å². The standard InChI is InChI=1S/C14H23N3O2/c1-3-19-14(18)12-5-4-9-17(11-12)10-7-13-6-8-15-16(13)2/h6,8,12H,3-5,7,9-11H2,1-2H3. The largest absolute Gasteiger partial charge is 0.466 e. The highest BCUT2D eigenvalue weighted by Gasteiger charge is 2.26. The van der Waals surface area contributed by atoms with Gasteiger partial charge in [-0.15, -0.1) is 0 Å². The van der Waals surface area contributed by atoms with Crippen LogP contribution in [0.5, 0.6) is 0 Å². The highest BCUT2D eigenvalue weighted by Crippen LogP contribution is 2.18. The van der Waals surface area contributed by atoms with Crippen molar-refractivity contribution in [2.24, 2.45) is 13.0 Å². The molecule has 0 amide bonds. The van der Waals surface area contributed by atoms with Crippen LogP contribution in [0.1, 0.15) is 25.5 Å². The van der Waals surface area contributed by atoms with Gasteiger partial charge in [-0.05, 0) is 32.4 Å². The van der Waals surface area contributed by atoms with Crippen LogP contribution in [0.3, 0.4) is 0 Å². The summed E-state index contributed by atoms with van der Waals surface area (Å²) in [5.74, 6) is 0.0213. The van der Waals surface area contributed by atoms with Gasteiger partial charge in [-0.25, -0.2) is 0 Å². The van der Waals surface area contributed by atoms with Crippen LogP contribution >= 0.6 is 0 Å². The maximum absolute atomic E-state index is 11.8. The molecular formula is C14H23N3O2. The number of likely N-dealkylation sites (tertiary alicyclic amines) is 1. The van der Waals surface area contributed by atoms with Crippen LogP contribution in [0.25, 0.3) is 0 Å². The molecule has 1 aliphatic rings. The van der Waals surface area contributed by atoms with Gasteiger partial charge in [0.15, 0.2) is 0 Å². The number of hydrogen-bond acceptors (Lipinski definition) is 4. The maximum atomic E-state index is 11.8. The van der Waals surface area contributed by atoms with E-state index in [0.717, 1.165) is 38.9 Å². The number of carbonyl (C=O) groups is 1. The van der Waals surface area contributed by atoms with Crippen LogP contribution in [0.4, 0.5) is 0 Å². The van der Waals surface area contributed by atoms with Crippen LogP contribution in [0.2, 0.25) is 0 Å². The van der Waals surface area contributed by atoms with Crippen molar-refractivity contribution in [1.82, 2.24) is 14.7 Å². The minimum atomic E-state index is -0.0345. The van der Waals surface area contributed by atoms with Gasteiger partial charge >= 0.3 is 5.97 Å². The summed E-state index contributed by atoms with van der Waals surface area (Å²) in [7, 11) is 1.97. The first kappa shape index (κ1) is 14.1. The third kappa shape index (κ3) is 3.80. The normalized spacial score (nSPS) is 20.4. The predicted molar refractivity (Wildman–Crippen MR) is 72.7 cm³/mol. The molecule has 5 heteroatoms. The Morgan fingerprint density at radius 1 is 1.58 bits per heavy atom. The summed E-state index contributed by atoms with van der Waals surface area (Å²) in [4.78, 5) is 14.1. The molecule has 0 N–H and O–H groups in total. The molecule has 0 aromatic carbocycles. The molecule has 2 rings (SSSR count). The Hall–Kier alpha value is -1.36. The van der Waals surface area contributed by atoms with E-state index in [1.54, 1.807) is 0 Å². The van der Waals surface area contributed by atoms with Crippen molar-refractivity contribution in [3.8, 4) is 0 Å². The van der Waals surface area contributed by atoms with Crippen molar-refractivity contribution >= 4 is 5.97 Å². The molecule has 0 aliphatic carbocycles. The molecule has 1 aromatic heterocycles. The third-order valence-corrected chi connectivity index (χ3v) is 3.73. The Labute approximate surface area is 114 Å². The quantitative estimate of drug-likeness (QED) is 0.752. The number of nitrogens with zero attached hydrogens (tertiary/aromatic N) is 3. The van der Waals surface area contributed by atoms with Gasteiger partial charge in [0.2, 0.25) is 0 Å². The van der Waals surface area contributed by atoms with Crippen molar-refractivity contribution in [2.75, 3.05) is 26.2 Å². The van der Waals surface area contributed by atoms with Gasteiger partial charge in [0.1, 0.15) is 0 Å². The van der Waals surface area contributed by atoms with E-state index in [1.165, 1.54) is 5.69 Å². The van der Waals surface area contributed by atoms with Crippen LogP contribution < -0.4 is 0 Å². The predicted octanol–water partition coefficient (Wildman–Crippen LogP) is 1.24. The number of rotatable bonds is 5. The average molecular weight is 265 g/mol. The van der Waals surface area contributed by atoms with Crippen molar-refractivity contribution in [1.29, 1.82) is 0 Å². The van der Waals surface area contributed by atoms with Gasteiger partial charge in [0, 0.05) is 38.4 Å². The van der Waals surface area contributed by atoms with E-state index >= 15 is 0 Å². The lowest BCUT2D eigenvalue weighted by atomic mass is 9.98. The number of esters is 1. The van der Waals surface area contributed by atoms with Crippen LogP contribution in [-0.2, 0) is 23.0 Å². The summed E-state index contributed by atoms with van der Waals surface area (Å²) in [6.07, 6.45) is 4.84. The highest BCUT2D eigenvalue weighted by molar-refractivity contribution is 5.72. The summed E-state index contributed by atoms with van der Waals surface area (Å²) >= 11 is 0. The summed E-state index contributed by atoms with van der Waals surface area (Å²) in [5, 5.41) is 4.17. The van der Waals surface area contributed by atoms with Crippen molar-refractivity contribution < 1.29 is 9.53 Å². The first-order chi connectivity index (χ1) is 9.20. The number of carbonyl (C=O) groups excluding carboxylic acids is 1. The lowest BCUT2D eigenvalue weighted by molar-refractivity contribution is -0.149. The second-order valence-corrected chi connectivity index (χ2v) is 5.09. The molecule has 1 saturated heterocycles. The van der Waals surface area contributed by atoms with Crippen LogP contribution in [0.15, 0.2) is 12.3 Å². The molecule has 1 aromatic rings. The third-order valence-electron chi connectivity index (χ3n) is 3.73. The Bertz CT molecular complexity index is 417. The van der Waals surface area contributed by atoms with E-state index in [-0.39, 0.29) is 11.9 Å². The van der Waals surface area contributed by atoms with Gasteiger partial charge < -0.3 is 9.64 Å². The smallest absolute Gasteiger partial charge is 0.310 e. The second-order valence-electron chi connectivity index (χ2n) is 5.09. The fraction of sp³-hybridized carbons (Fsp3) is 0.714. The maximum Gasteiger partial charge on any atom is 0.310 e. The zero-order valence-corrected chi connectivity index (χ0v) is 11.8. The molecule has 106 valence electrons. The van der Waals surface area contributed by atoms with Crippen molar-refractivity contribution in [3.63, 3.8) is 0 Å². The SMILES string of the molecule is CCOC(=O)C1CCCN(CCc2ccnn2C)C1. The molecule has 5 nitrogen and oxygen atoms in total. The lowest BCUT2D eigenvalue weighted by Crippen LogP contribution is -2.40. The zero-order valence-electron chi connectivity index (χ0n) is 11.8. The number of ether oxygens (including phenoxy) is 1. The Kier molecular flexibility index (Phi) is 4.96. The van der Waals surface area contributed by atoms with E-state index < -0.39 is 0 Å². The van der Waals surface area contributed by atoms with Gasteiger partial charge in [0.05, 0.1) is 12.5 Å². The number of aryl methyl sites for hydroxylation is 1. The molecule has 2 heterocycles. The summed E-state index contributed by atoms with van der Waals surface area (Å²) < 4.78 is 7.03. The Morgan fingerprint density at radius 2 is 2.42 bits per heavy atom. The average Bonchev–Trinajstić information content (AvgIpc) is 2.82. The van der Waals surface area contributed by atoms with Crippen molar-refractivity contribution in [2.45, 2.75) is 26.2 Å². The van der Waals surface area contributed by atoms with Gasteiger partial charge in [-0.1, -0.05) is 0 Å². The summed E-state index contributed by atoms with van der Waals surface area (Å²) in [6.45, 7) is 5.23. The van der Waals surface area contributed by atoms with Gasteiger partial charge in [0.25, 0.3) is 0 Å². The molecule has 1 atom stereocenters. The van der Waals surface area contributed by atoms with Crippen molar-refractivity contribution in [3.05, 3.63) is 18.0 Å². The molecule has 0 radical (unpaired) electrons. The van der Waals surface area contributed by atoms with E-state index in [9.17, 15) is 4.79 Å². The van der Waals surface area contributed by atoms with E-state index in [1.807, 2.05) is 30.9 Å². The molecular weight excluding hydrogens is 242 g/mol. The number of piperidine rings is 1. The zero-order chi connectivity index (χ0) is 13.7. The Morgan fingerprint density at radius 3 is 3.11 bits per heavy atom. The van der Waals surface area contributed by atoms with E-state index in [4.69, 9.17) is 4.74 Å². The highest BCUT2D eigenvalue weighted by atomic mass is 16.5. The molecule has 1 unspecified atom stereocenters. The summed E-state index contributed by atoms with van der Waals surface area (Å²) in [5.41, 5.74) is 1.23. The molecule has 1 fully saturated rings. The van der Waals surface area contributed by atoms with Crippen LogP contribution in [-0.4, -0.2) is 46.9 Å². The molecule has 1 aliphatic heterocycles. The molecule has 0 spiro atoms.